The summed E-state index contributed by atoms with van der Waals surface area (Å²) in [5.74, 6) is -2.15. The summed E-state index contributed by atoms with van der Waals surface area (Å²) in [5, 5.41) is 9.17. The maximum atomic E-state index is 13.9. The number of benzene rings is 1. The van der Waals surface area contributed by atoms with Crippen molar-refractivity contribution in [3.05, 3.63) is 51.9 Å². The van der Waals surface area contributed by atoms with Gasteiger partial charge in [0, 0.05) is 5.69 Å². The van der Waals surface area contributed by atoms with E-state index in [9.17, 15) is 14.3 Å². The van der Waals surface area contributed by atoms with Crippen LogP contribution < -0.4 is 4.74 Å². The van der Waals surface area contributed by atoms with Gasteiger partial charge in [0.05, 0.1) is 5.02 Å². The molecule has 0 unspecified atom stereocenters. The van der Waals surface area contributed by atoms with Gasteiger partial charge in [0.25, 0.3) is 0 Å². The van der Waals surface area contributed by atoms with Crippen LogP contribution in [0.5, 0.6) is 11.6 Å². The van der Waals surface area contributed by atoms with Gasteiger partial charge in [0.1, 0.15) is 5.56 Å². The zero-order chi connectivity index (χ0) is 15.0. The van der Waals surface area contributed by atoms with Gasteiger partial charge in [-0.05, 0) is 43.0 Å². The summed E-state index contributed by atoms with van der Waals surface area (Å²) in [6.07, 6.45) is 2.49. The first-order valence-electron chi connectivity index (χ1n) is 6.44. The minimum absolute atomic E-state index is 0.0741. The molecule has 0 bridgehead atoms. The molecule has 0 spiro atoms. The van der Waals surface area contributed by atoms with Crippen LogP contribution in [0.25, 0.3) is 0 Å². The molecule has 1 heterocycles. The van der Waals surface area contributed by atoms with Crippen LogP contribution in [0.1, 0.15) is 28.0 Å². The third-order valence-electron chi connectivity index (χ3n) is 3.37. The molecular formula is C15H11ClFNO3. The van der Waals surface area contributed by atoms with Gasteiger partial charge >= 0.3 is 5.97 Å². The highest BCUT2D eigenvalue weighted by Gasteiger charge is 2.22. The summed E-state index contributed by atoms with van der Waals surface area (Å²) in [7, 11) is 0. The summed E-state index contributed by atoms with van der Waals surface area (Å²) in [5.41, 5.74) is 1.64. The summed E-state index contributed by atoms with van der Waals surface area (Å²) >= 11 is 5.68. The molecule has 0 saturated heterocycles. The van der Waals surface area contributed by atoms with Crippen molar-refractivity contribution in [1.82, 2.24) is 4.98 Å². The number of fused-ring (bicyclic) bond motifs is 1. The fourth-order valence-electron chi connectivity index (χ4n) is 2.35. The minimum Gasteiger partial charge on any atom is -0.477 e. The number of halogens is 2. The summed E-state index contributed by atoms with van der Waals surface area (Å²) in [4.78, 5) is 15.6. The van der Waals surface area contributed by atoms with Gasteiger partial charge in [-0.3, -0.25) is 0 Å². The Morgan fingerprint density at radius 2 is 2.19 bits per heavy atom. The molecule has 1 N–H and O–H groups in total. The van der Waals surface area contributed by atoms with Crippen LogP contribution in [0.15, 0.2) is 24.3 Å². The first-order valence-corrected chi connectivity index (χ1v) is 6.82. The number of hydrogen-bond acceptors (Lipinski definition) is 3. The predicted molar refractivity (Wildman–Crippen MR) is 74.7 cm³/mol. The topological polar surface area (TPSA) is 59.4 Å². The Morgan fingerprint density at radius 1 is 1.38 bits per heavy atom. The van der Waals surface area contributed by atoms with Crippen molar-refractivity contribution in [2.24, 2.45) is 0 Å². The van der Waals surface area contributed by atoms with E-state index in [-0.39, 0.29) is 22.2 Å². The number of aryl methyl sites for hydroxylation is 2. The number of aromatic carboxylic acids is 1. The van der Waals surface area contributed by atoms with Gasteiger partial charge in [-0.25, -0.2) is 14.2 Å². The molecular weight excluding hydrogens is 297 g/mol. The number of carbonyl (C=O) groups is 1. The number of pyridine rings is 1. The van der Waals surface area contributed by atoms with Crippen molar-refractivity contribution in [3.8, 4) is 11.6 Å². The normalized spacial score (nSPS) is 13.0. The van der Waals surface area contributed by atoms with Crippen LogP contribution in [0.4, 0.5) is 4.39 Å². The number of hydrogen-bond donors (Lipinski definition) is 1. The van der Waals surface area contributed by atoms with Crippen LogP contribution in [-0.4, -0.2) is 16.1 Å². The summed E-state index contributed by atoms with van der Waals surface area (Å²) in [6, 6.07) is 5.84. The Morgan fingerprint density at radius 3 is 2.95 bits per heavy atom. The van der Waals surface area contributed by atoms with Crippen LogP contribution in [0.3, 0.4) is 0 Å². The summed E-state index contributed by atoms with van der Waals surface area (Å²) < 4.78 is 19.2. The van der Waals surface area contributed by atoms with E-state index in [1.807, 2.05) is 0 Å². The molecule has 0 atom stereocenters. The van der Waals surface area contributed by atoms with Gasteiger partial charge in [-0.2, -0.15) is 0 Å². The molecule has 1 aromatic heterocycles. The molecule has 0 radical (unpaired) electrons. The number of carboxylic acids is 1. The largest absolute Gasteiger partial charge is 0.477 e. The Labute approximate surface area is 125 Å². The smallest absolute Gasteiger partial charge is 0.341 e. The molecule has 4 nitrogen and oxygen atoms in total. The molecule has 0 amide bonds. The highest BCUT2D eigenvalue weighted by Crippen LogP contribution is 2.32. The molecule has 0 fully saturated rings. The molecule has 2 aromatic rings. The lowest BCUT2D eigenvalue weighted by Gasteiger charge is -2.11. The minimum atomic E-state index is -1.16. The number of rotatable bonds is 3. The van der Waals surface area contributed by atoms with E-state index in [1.165, 1.54) is 18.2 Å². The lowest BCUT2D eigenvalue weighted by atomic mass is 10.1. The van der Waals surface area contributed by atoms with Gasteiger partial charge in [0.2, 0.25) is 5.88 Å². The van der Waals surface area contributed by atoms with Gasteiger partial charge < -0.3 is 9.84 Å². The predicted octanol–water partition coefficient (Wildman–Crippen LogP) is 3.85. The molecule has 1 aromatic carbocycles. The first kappa shape index (κ1) is 13.8. The second-order valence-corrected chi connectivity index (χ2v) is 5.17. The third-order valence-corrected chi connectivity index (χ3v) is 3.66. The number of nitrogens with zero attached hydrogens (tertiary/aromatic N) is 1. The standard InChI is InChI=1S/C15H11ClFNO3/c16-10-4-2-6-12(13(10)17)21-14-9(15(19)20)7-8-3-1-5-11(8)18-14/h2,4,6-7H,1,3,5H2,(H,19,20). The second kappa shape index (κ2) is 5.33. The zero-order valence-corrected chi connectivity index (χ0v) is 11.7. The van der Waals surface area contributed by atoms with Crippen LogP contribution >= 0.6 is 11.6 Å². The molecule has 0 saturated carbocycles. The monoisotopic (exact) mass is 307 g/mol. The van der Waals surface area contributed by atoms with E-state index in [4.69, 9.17) is 16.3 Å². The van der Waals surface area contributed by atoms with E-state index in [0.717, 1.165) is 30.5 Å². The van der Waals surface area contributed by atoms with Crippen molar-refractivity contribution >= 4 is 17.6 Å². The van der Waals surface area contributed by atoms with E-state index in [1.54, 1.807) is 6.07 Å². The average molecular weight is 308 g/mol. The number of aromatic nitrogens is 1. The first-order chi connectivity index (χ1) is 10.1. The highest BCUT2D eigenvalue weighted by atomic mass is 35.5. The van der Waals surface area contributed by atoms with E-state index in [0.29, 0.717) is 0 Å². The molecule has 0 aliphatic heterocycles. The molecule has 21 heavy (non-hydrogen) atoms. The average Bonchev–Trinajstić information content (AvgIpc) is 2.90. The summed E-state index contributed by atoms with van der Waals surface area (Å²) in [6.45, 7) is 0. The van der Waals surface area contributed by atoms with Crippen LogP contribution in [-0.2, 0) is 12.8 Å². The molecule has 3 rings (SSSR count). The van der Waals surface area contributed by atoms with Crippen molar-refractivity contribution < 1.29 is 19.0 Å². The second-order valence-electron chi connectivity index (χ2n) is 4.76. The highest BCUT2D eigenvalue weighted by molar-refractivity contribution is 6.30. The Kier molecular flexibility index (Phi) is 3.51. The van der Waals surface area contributed by atoms with Crippen molar-refractivity contribution in [3.63, 3.8) is 0 Å². The van der Waals surface area contributed by atoms with E-state index >= 15 is 0 Å². The van der Waals surface area contributed by atoms with Crippen molar-refractivity contribution in [1.29, 1.82) is 0 Å². The maximum Gasteiger partial charge on any atom is 0.341 e. The zero-order valence-electron chi connectivity index (χ0n) is 10.9. The molecule has 1 aliphatic rings. The van der Waals surface area contributed by atoms with Gasteiger partial charge in [-0.15, -0.1) is 0 Å². The quantitative estimate of drug-likeness (QED) is 0.935. The Balaban J connectivity index is 2.05. The fourth-order valence-corrected chi connectivity index (χ4v) is 2.52. The van der Waals surface area contributed by atoms with Gasteiger partial charge in [-0.1, -0.05) is 17.7 Å². The van der Waals surface area contributed by atoms with Gasteiger partial charge in [0.15, 0.2) is 11.6 Å². The van der Waals surface area contributed by atoms with Crippen LogP contribution in [0.2, 0.25) is 5.02 Å². The lowest BCUT2D eigenvalue weighted by Crippen LogP contribution is -2.05. The Bertz CT molecular complexity index is 733. The lowest BCUT2D eigenvalue weighted by molar-refractivity contribution is 0.0693. The molecule has 108 valence electrons. The Hall–Kier alpha value is -2.14. The number of carboxylic acid groups (broad SMARTS) is 1. The fraction of sp³-hybridized carbons (Fsp3) is 0.200. The van der Waals surface area contributed by atoms with E-state index in [2.05, 4.69) is 4.98 Å². The van der Waals surface area contributed by atoms with E-state index < -0.39 is 11.8 Å². The SMILES string of the molecule is O=C(O)c1cc2c(nc1Oc1cccc(Cl)c1F)CCC2. The van der Waals surface area contributed by atoms with Crippen molar-refractivity contribution in [2.45, 2.75) is 19.3 Å². The maximum absolute atomic E-state index is 13.9. The molecule has 6 heteroatoms. The third kappa shape index (κ3) is 2.56. The van der Waals surface area contributed by atoms with Crippen molar-refractivity contribution in [2.75, 3.05) is 0 Å². The molecule has 1 aliphatic carbocycles. The number of ether oxygens (including phenoxy) is 1. The van der Waals surface area contributed by atoms with Crippen LogP contribution in [0, 0.1) is 5.82 Å².